The average molecular weight is 130 g/mol. The lowest BCUT2D eigenvalue weighted by Gasteiger charge is -1.00. The fourth-order valence-electron chi connectivity index (χ4n) is 0. The molecule has 0 N–H and O–H groups in total. The van der Waals surface area contributed by atoms with Crippen molar-refractivity contribution in [1.29, 1.82) is 0 Å². The first kappa shape index (κ1) is 40300. The third kappa shape index (κ3) is 9460. The minimum atomic E-state index is 0. The number of hydrogen-bond acceptors (Lipinski definition) is 0. The van der Waals surface area contributed by atoms with Crippen LogP contribution >= 0.6 is 0 Å². The Morgan fingerprint density at radius 1 is 0.333 bits per heavy atom. The van der Waals surface area contributed by atoms with E-state index in [1.54, 1.807) is 0 Å². The zero-order valence-electron chi connectivity index (χ0n) is 2.27. The Morgan fingerprint density at radius 2 is 0.333 bits per heavy atom. The second-order valence-corrected chi connectivity index (χ2v) is 0. The van der Waals surface area contributed by atoms with E-state index >= 15 is 0 Å². The molecular formula is ClF5-6. The summed E-state index contributed by atoms with van der Waals surface area (Å²) >= 11 is 0. The van der Waals surface area contributed by atoms with Crippen LogP contribution in [0.15, 0.2) is 0 Å². The van der Waals surface area contributed by atoms with Crippen LogP contribution in [0.25, 0.3) is 0 Å². The molecule has 0 aromatic heterocycles. The first-order valence-electron chi connectivity index (χ1n) is 0. The molecule has 0 aromatic rings. The second-order valence-electron chi connectivity index (χ2n) is 0. The van der Waals surface area contributed by atoms with E-state index in [1.807, 2.05) is 0 Å². The molecule has 0 radical (unpaired) electrons. The predicted molar refractivity (Wildman–Crippen MR) is 0 cm³/mol. The molecule has 0 fully saturated rings. The summed E-state index contributed by atoms with van der Waals surface area (Å²) in [5.74, 6) is 0. The van der Waals surface area contributed by atoms with E-state index in [9.17, 15) is 0 Å². The third-order valence-corrected chi connectivity index (χ3v) is 0. The van der Waals surface area contributed by atoms with Crippen LogP contribution in [0.4, 0.5) is 0 Å². The highest BCUT2D eigenvalue weighted by Gasteiger charge is -0.995. The molecule has 0 bridgehead atoms. The van der Waals surface area contributed by atoms with Crippen molar-refractivity contribution in [2.75, 3.05) is 0 Å². The minimum Gasteiger partial charge on any atom is -1.00 e. The van der Waals surface area contributed by atoms with Crippen LogP contribution in [0.3, 0.4) is 0 Å². The number of halogens is 6. The maximum atomic E-state index is 0. The van der Waals surface area contributed by atoms with E-state index in [0.717, 1.165) is 0 Å². The van der Waals surface area contributed by atoms with Gasteiger partial charge in [-0.15, -0.1) is 0 Å². The third-order valence-electron chi connectivity index (χ3n) is 0. The Labute approximate surface area is 37.2 Å². The van der Waals surface area contributed by atoms with Crippen molar-refractivity contribution in [1.82, 2.24) is 0 Å². The molecule has 0 nitrogen and oxygen atoms in total. The zero-order chi connectivity index (χ0) is 0. The van der Waals surface area contributed by atoms with Gasteiger partial charge in [-0.25, -0.2) is 0 Å². The van der Waals surface area contributed by atoms with E-state index in [2.05, 4.69) is 0 Å². The average Bonchev–Trinajstić information content (AvgIpc) is 0. The molecule has 48 valence electrons. The van der Waals surface area contributed by atoms with Crippen molar-refractivity contribution in [2.45, 2.75) is 0 Å². The summed E-state index contributed by atoms with van der Waals surface area (Å²) in [7, 11) is 0. The molecule has 0 heterocycles. The van der Waals surface area contributed by atoms with Gasteiger partial charge in [0.05, 0.1) is 0 Å². The highest BCUT2D eigenvalue weighted by molar-refractivity contribution is 0.00500. The Bertz CT molecular complexity index is 3.90. The van der Waals surface area contributed by atoms with Crippen LogP contribution in [-0.2, 0) is 0 Å². The van der Waals surface area contributed by atoms with Gasteiger partial charge in [0.15, 0.2) is 0 Å². The maximum absolute atomic E-state index is 0. The first-order valence-corrected chi connectivity index (χ1v) is 0. The molecule has 0 saturated heterocycles. The van der Waals surface area contributed by atoms with Crippen LogP contribution in [-0.4, -0.2) is 0 Å². The molecule has 0 aromatic carbocycles. The van der Waals surface area contributed by atoms with E-state index in [1.165, 1.54) is 0 Å². The van der Waals surface area contributed by atoms with E-state index in [-0.39, 0.29) is 35.9 Å². The Morgan fingerprint density at radius 3 is 0.333 bits per heavy atom. The molecule has 0 aliphatic heterocycles. The highest BCUT2D eigenvalue weighted by Crippen LogP contribution is -2.99. The first-order chi connectivity index (χ1) is 0. The second kappa shape index (κ2) is 21300. The van der Waals surface area contributed by atoms with Crippen molar-refractivity contribution >= 4 is 0 Å². The Hall–Kier alpha value is -0.0600. The van der Waals surface area contributed by atoms with Crippen molar-refractivity contribution in [3.8, 4) is 0 Å². The van der Waals surface area contributed by atoms with Crippen LogP contribution in [0.5, 0.6) is 0 Å². The van der Waals surface area contributed by atoms with E-state index in [4.69, 9.17) is 0 Å². The summed E-state index contributed by atoms with van der Waals surface area (Å²) in [5.41, 5.74) is 0. The van der Waals surface area contributed by atoms with Gasteiger partial charge in [-0.05, 0) is 0 Å². The summed E-state index contributed by atoms with van der Waals surface area (Å²) in [4.78, 5) is 0. The normalized spacial score (nSPS) is 0. The predicted octanol–water partition coefficient (Wildman–Crippen LogP) is -18.0. The standard InChI is InChI=1S/ClH.5FH/h6*1H/p-6. The van der Waals surface area contributed by atoms with Gasteiger partial charge in [0, 0.05) is 0 Å². The van der Waals surface area contributed by atoms with Gasteiger partial charge in [-0.2, -0.15) is 0 Å². The smallest absolute Gasteiger partial charge is 1.00 e. The molecule has 6 heteroatoms. The van der Waals surface area contributed by atoms with Crippen molar-refractivity contribution in [3.05, 3.63) is 0 Å². The highest BCUT2D eigenvalue weighted by atomic mass is 35.5. The molecule has 6 heavy (non-hydrogen) atoms. The summed E-state index contributed by atoms with van der Waals surface area (Å²) in [6.45, 7) is 0. The lowest BCUT2D eigenvalue weighted by Crippen LogP contribution is -3.00. The summed E-state index contributed by atoms with van der Waals surface area (Å²) in [6.07, 6.45) is 0. The molecule has 0 saturated carbocycles. The molecular weight excluding hydrogens is 130 g/mol. The van der Waals surface area contributed by atoms with Crippen LogP contribution in [0.1, 0.15) is 0 Å². The fraction of sp³-hybridized carbons (Fsp3) is 0. The molecule has 0 rings (SSSR count). The number of rotatable bonds is 0. The van der Waals surface area contributed by atoms with Gasteiger partial charge in [-0.3, -0.25) is 0 Å². The van der Waals surface area contributed by atoms with Gasteiger partial charge >= 0.3 is 0 Å². The minimum absolute atomic E-state index is 0. The van der Waals surface area contributed by atoms with Gasteiger partial charge in [0.25, 0.3) is 0 Å². The quantitative estimate of drug-likeness (QED) is 0.286. The van der Waals surface area contributed by atoms with Crippen LogP contribution < -0.4 is 35.9 Å². The van der Waals surface area contributed by atoms with Crippen LogP contribution in [0.2, 0.25) is 0 Å². The van der Waals surface area contributed by atoms with Crippen molar-refractivity contribution in [2.24, 2.45) is 0 Å². The van der Waals surface area contributed by atoms with E-state index < -0.39 is 0 Å². The van der Waals surface area contributed by atoms with Crippen molar-refractivity contribution < 1.29 is 35.9 Å². The summed E-state index contributed by atoms with van der Waals surface area (Å²) in [5, 5.41) is 0. The fourth-order valence-corrected chi connectivity index (χ4v) is 0. The SMILES string of the molecule is [Cl-].[F-].[F-].[F-].[F-].[F-]. The van der Waals surface area contributed by atoms with Crippen LogP contribution in [0, 0.1) is 0 Å². The number of hydrogen-bond donors (Lipinski definition) is 0. The Balaban J connectivity index is 0. The molecule has 0 aliphatic rings. The maximum Gasteiger partial charge on any atom is -1.00 e. The molecule has 0 aliphatic carbocycles. The largest absolute Gasteiger partial charge is 1.00 e. The van der Waals surface area contributed by atoms with Gasteiger partial charge in [0.1, 0.15) is 0 Å². The van der Waals surface area contributed by atoms with Gasteiger partial charge in [-0.1, -0.05) is 0 Å². The molecule has 0 spiro atoms. The summed E-state index contributed by atoms with van der Waals surface area (Å²) in [6, 6.07) is 0. The molecule has 0 unspecified atom stereocenters. The van der Waals surface area contributed by atoms with Gasteiger partial charge in [0.2, 0.25) is 0 Å². The lowest BCUT2D eigenvalue weighted by molar-refractivity contribution is -0.00100. The van der Waals surface area contributed by atoms with E-state index in [0.29, 0.717) is 0 Å². The molecule has 0 amide bonds. The van der Waals surface area contributed by atoms with Crippen molar-refractivity contribution in [3.63, 3.8) is 0 Å². The molecule has 0 atom stereocenters. The van der Waals surface area contributed by atoms with Gasteiger partial charge < -0.3 is 35.9 Å². The zero-order valence-corrected chi connectivity index (χ0v) is 3.02. The lowest BCUT2D eigenvalue weighted by atomic mass is 19.0. The Kier molecular flexibility index (Phi) is 143000000. The topological polar surface area (TPSA) is 0 Å². The summed E-state index contributed by atoms with van der Waals surface area (Å²) < 4.78 is 0. The monoisotopic (exact) mass is 130 g/mol.